The predicted molar refractivity (Wildman–Crippen MR) is 67.3 cm³/mol. The molecule has 0 bridgehead atoms. The molecule has 0 rings (SSSR count). The lowest BCUT2D eigenvalue weighted by atomic mass is 10.2. The van der Waals surface area contributed by atoms with Gasteiger partial charge in [0, 0.05) is 0 Å². The fourth-order valence-corrected chi connectivity index (χ4v) is 3.77. The minimum atomic E-state index is -6.23. The van der Waals surface area contributed by atoms with Crippen molar-refractivity contribution < 1.29 is 58.0 Å². The fourth-order valence-electron chi connectivity index (χ4n) is 1.39. The van der Waals surface area contributed by atoms with Crippen LogP contribution in [0.2, 0.25) is 0 Å². The molecular formula is C8H16O12P2. The molecule has 0 aromatic rings. The Kier molecular flexibility index (Phi) is 6.47. The topological polar surface area (TPSA) is 208 Å². The van der Waals surface area contributed by atoms with Crippen LogP contribution in [0, 0.1) is 0 Å². The van der Waals surface area contributed by atoms with Crippen molar-refractivity contribution in [2.45, 2.75) is 24.5 Å². The standard InChI is InChI=1S/C8H16O12P2/c1-3-19-5(9)7(11,21(13,14)15)8(12,22(16,17)18)6(10)20-4-2/h11-12H,3-4H2,1-2H3,(H2,13,14,15)(H2,16,17,18). The number of rotatable bonds is 7. The summed E-state index contributed by atoms with van der Waals surface area (Å²) < 4.78 is 31.0. The van der Waals surface area contributed by atoms with E-state index in [1.807, 2.05) is 0 Å². The van der Waals surface area contributed by atoms with Gasteiger partial charge in [-0.05, 0) is 13.8 Å². The SMILES string of the molecule is CCOC(=O)C(O)(C(O)(C(=O)OCC)P(=O)(O)O)P(=O)(O)O. The molecule has 0 aliphatic rings. The predicted octanol–water partition coefficient (Wildman–Crippen LogP) is -2.15. The smallest absolute Gasteiger partial charge is 0.373 e. The Morgan fingerprint density at radius 2 is 1.05 bits per heavy atom. The van der Waals surface area contributed by atoms with Gasteiger partial charge in [-0.2, -0.15) is 0 Å². The van der Waals surface area contributed by atoms with Crippen molar-refractivity contribution in [2.24, 2.45) is 0 Å². The molecule has 0 aliphatic carbocycles. The molecule has 0 saturated carbocycles. The van der Waals surface area contributed by atoms with Gasteiger partial charge in [-0.25, -0.2) is 9.59 Å². The maximum Gasteiger partial charge on any atom is 0.373 e. The lowest BCUT2D eigenvalue weighted by Crippen LogP contribution is -2.63. The van der Waals surface area contributed by atoms with Crippen molar-refractivity contribution in [3.63, 3.8) is 0 Å². The summed E-state index contributed by atoms with van der Waals surface area (Å²) in [5.41, 5.74) is 0. The Morgan fingerprint density at radius 3 is 1.18 bits per heavy atom. The second kappa shape index (κ2) is 6.73. The molecule has 2 atom stereocenters. The molecule has 0 radical (unpaired) electrons. The summed E-state index contributed by atoms with van der Waals surface area (Å²) in [6.07, 6.45) is 0. The Hall–Kier alpha value is -0.840. The van der Waals surface area contributed by atoms with Gasteiger partial charge in [-0.15, -0.1) is 0 Å². The van der Waals surface area contributed by atoms with Crippen LogP contribution in [-0.4, -0.2) is 65.6 Å². The van der Waals surface area contributed by atoms with Crippen LogP contribution in [0.1, 0.15) is 13.8 Å². The lowest BCUT2D eigenvalue weighted by molar-refractivity contribution is -0.188. The lowest BCUT2D eigenvalue weighted by Gasteiger charge is -2.38. The Balaban J connectivity index is 6.60. The van der Waals surface area contributed by atoms with Crippen LogP contribution < -0.4 is 0 Å². The van der Waals surface area contributed by atoms with Crippen LogP contribution in [0.25, 0.3) is 0 Å². The van der Waals surface area contributed by atoms with Gasteiger partial charge in [0.15, 0.2) is 0 Å². The summed E-state index contributed by atoms with van der Waals surface area (Å²) >= 11 is 0. The van der Waals surface area contributed by atoms with Gasteiger partial charge in [0.05, 0.1) is 13.2 Å². The molecule has 0 spiro atoms. The van der Waals surface area contributed by atoms with Gasteiger partial charge < -0.3 is 39.3 Å². The quantitative estimate of drug-likeness (QED) is 0.210. The third-order valence-corrected chi connectivity index (χ3v) is 5.32. The number of carbonyl (C=O) groups is 2. The largest absolute Gasteiger partial charge is 0.463 e. The van der Waals surface area contributed by atoms with Crippen molar-refractivity contribution in [1.82, 2.24) is 0 Å². The molecule has 130 valence electrons. The molecule has 0 aromatic carbocycles. The number of hydrogen-bond donors (Lipinski definition) is 6. The number of esters is 2. The highest BCUT2D eigenvalue weighted by Gasteiger charge is 2.79. The molecule has 14 heteroatoms. The molecular weight excluding hydrogens is 350 g/mol. The van der Waals surface area contributed by atoms with Crippen LogP contribution in [0.4, 0.5) is 0 Å². The summed E-state index contributed by atoms with van der Waals surface area (Å²) in [7, 11) is -12.5. The van der Waals surface area contributed by atoms with Gasteiger partial charge in [0.25, 0.3) is 0 Å². The minimum absolute atomic E-state index is 0.582. The zero-order valence-electron chi connectivity index (χ0n) is 11.4. The molecule has 0 fully saturated rings. The Bertz CT molecular complexity index is 485. The van der Waals surface area contributed by atoms with Crippen molar-refractivity contribution in [2.75, 3.05) is 13.2 Å². The van der Waals surface area contributed by atoms with E-state index in [9.17, 15) is 28.9 Å². The van der Waals surface area contributed by atoms with Crippen molar-refractivity contribution in [3.8, 4) is 0 Å². The minimum Gasteiger partial charge on any atom is -0.463 e. The second-order valence-corrected chi connectivity index (χ2v) is 7.34. The average Bonchev–Trinajstić information content (AvgIpc) is 2.34. The van der Waals surface area contributed by atoms with Crippen molar-refractivity contribution in [1.29, 1.82) is 0 Å². The van der Waals surface area contributed by atoms with Gasteiger partial charge in [-0.1, -0.05) is 0 Å². The summed E-state index contributed by atoms with van der Waals surface area (Å²) in [6.45, 7) is 1.11. The Labute approximate surface area is 124 Å². The fraction of sp³-hybridized carbons (Fsp3) is 0.750. The first-order valence-corrected chi connectivity index (χ1v) is 8.84. The van der Waals surface area contributed by atoms with Gasteiger partial charge in [-0.3, -0.25) is 9.13 Å². The molecule has 0 aromatic heterocycles. The van der Waals surface area contributed by atoms with Gasteiger partial charge in [0.2, 0.25) is 0 Å². The molecule has 22 heavy (non-hydrogen) atoms. The van der Waals surface area contributed by atoms with E-state index in [0.29, 0.717) is 0 Å². The zero-order valence-corrected chi connectivity index (χ0v) is 13.2. The molecule has 6 N–H and O–H groups in total. The highest BCUT2D eigenvalue weighted by Crippen LogP contribution is 2.66. The van der Waals surface area contributed by atoms with E-state index in [-0.39, 0.29) is 0 Å². The number of ether oxygens (including phenoxy) is 2. The van der Waals surface area contributed by atoms with E-state index in [1.165, 1.54) is 0 Å². The first-order valence-electron chi connectivity index (χ1n) is 5.62. The van der Waals surface area contributed by atoms with Crippen LogP contribution in [-0.2, 0) is 28.2 Å². The average molecular weight is 366 g/mol. The first-order chi connectivity index (χ1) is 9.71. The highest BCUT2D eigenvalue weighted by molar-refractivity contribution is 7.60. The summed E-state index contributed by atoms with van der Waals surface area (Å²) in [5.74, 6) is -4.61. The molecule has 0 heterocycles. The first kappa shape index (κ1) is 21.2. The highest BCUT2D eigenvalue weighted by atomic mass is 31.2. The molecule has 0 amide bonds. The normalized spacial score (nSPS) is 18.0. The summed E-state index contributed by atoms with van der Waals surface area (Å²) in [4.78, 5) is 59.7. The maximum absolute atomic E-state index is 11.6. The zero-order chi connectivity index (χ0) is 18.0. The van der Waals surface area contributed by atoms with Crippen LogP contribution in [0.5, 0.6) is 0 Å². The van der Waals surface area contributed by atoms with E-state index in [0.717, 1.165) is 13.8 Å². The second-order valence-electron chi connectivity index (χ2n) is 3.87. The van der Waals surface area contributed by atoms with E-state index in [1.54, 1.807) is 0 Å². The summed E-state index contributed by atoms with van der Waals surface area (Å²) in [6, 6.07) is 0. The van der Waals surface area contributed by atoms with Gasteiger partial charge >= 0.3 is 37.8 Å². The third-order valence-electron chi connectivity index (χ3n) is 2.45. The van der Waals surface area contributed by atoms with E-state index >= 15 is 0 Å². The van der Waals surface area contributed by atoms with Gasteiger partial charge in [0.1, 0.15) is 0 Å². The number of carbonyl (C=O) groups excluding carboxylic acids is 2. The third kappa shape index (κ3) is 3.24. The van der Waals surface area contributed by atoms with Crippen LogP contribution in [0.3, 0.4) is 0 Å². The van der Waals surface area contributed by atoms with Crippen molar-refractivity contribution >= 4 is 27.1 Å². The Morgan fingerprint density at radius 1 is 0.818 bits per heavy atom. The maximum atomic E-state index is 11.6. The summed E-state index contributed by atoms with van der Waals surface area (Å²) in [5, 5.41) is 10.7. The van der Waals surface area contributed by atoms with E-state index in [4.69, 9.17) is 19.6 Å². The van der Waals surface area contributed by atoms with E-state index < -0.39 is 51.0 Å². The van der Waals surface area contributed by atoms with Crippen molar-refractivity contribution in [3.05, 3.63) is 0 Å². The van der Waals surface area contributed by atoms with Crippen LogP contribution >= 0.6 is 15.2 Å². The molecule has 0 saturated heterocycles. The van der Waals surface area contributed by atoms with Crippen LogP contribution in [0.15, 0.2) is 0 Å². The number of hydrogen-bond acceptors (Lipinski definition) is 8. The molecule has 12 nitrogen and oxygen atoms in total. The monoisotopic (exact) mass is 366 g/mol. The molecule has 2 unspecified atom stereocenters. The molecule has 0 aliphatic heterocycles. The number of aliphatic hydroxyl groups is 2. The van der Waals surface area contributed by atoms with E-state index in [2.05, 4.69) is 9.47 Å².